The highest BCUT2D eigenvalue weighted by Crippen LogP contribution is 2.40. The summed E-state index contributed by atoms with van der Waals surface area (Å²) in [6.45, 7) is 0.893. The fourth-order valence-corrected chi connectivity index (χ4v) is 4.88. The van der Waals surface area contributed by atoms with Gasteiger partial charge in [0.1, 0.15) is 6.07 Å². The number of para-hydroxylation sites is 2. The van der Waals surface area contributed by atoms with Gasteiger partial charge in [-0.3, -0.25) is 14.9 Å². The standard InChI is InChI=1S/C24H16N4O2/c25-10-14-5-2-7-15-17(11-26-21(14)15)19-20(24(30)27-23(19)29)18-12-28-9-3-6-13-4-1-8-16(18)22(13)28/h1-2,4-5,7-8,11-12,26H,3,6,9H2,(H,27,29,30). The molecule has 6 nitrogen and oxygen atoms in total. The fourth-order valence-electron chi connectivity index (χ4n) is 4.88. The molecule has 0 saturated heterocycles. The molecule has 6 heteroatoms. The van der Waals surface area contributed by atoms with Crippen LogP contribution in [0.3, 0.4) is 0 Å². The molecule has 0 saturated carbocycles. The second-order valence-electron chi connectivity index (χ2n) is 7.73. The van der Waals surface area contributed by atoms with Gasteiger partial charge in [0.2, 0.25) is 0 Å². The highest BCUT2D eigenvalue weighted by Gasteiger charge is 2.35. The molecule has 144 valence electrons. The lowest BCUT2D eigenvalue weighted by atomic mass is 9.94. The van der Waals surface area contributed by atoms with Crippen LogP contribution in [0.2, 0.25) is 0 Å². The Kier molecular flexibility index (Phi) is 3.33. The molecule has 2 aliphatic rings. The van der Waals surface area contributed by atoms with Gasteiger partial charge < -0.3 is 9.55 Å². The SMILES string of the molecule is N#Cc1cccc2c(C3=C(c4cn5c6c(cccc46)CCC5)C(=O)NC3=O)c[nH]c12. The summed E-state index contributed by atoms with van der Waals surface area (Å²) in [5, 5.41) is 13.6. The summed E-state index contributed by atoms with van der Waals surface area (Å²) in [7, 11) is 0. The second kappa shape index (κ2) is 5.94. The van der Waals surface area contributed by atoms with Crippen LogP contribution in [-0.2, 0) is 22.6 Å². The molecule has 2 aromatic heterocycles. The first-order valence-corrected chi connectivity index (χ1v) is 9.89. The third kappa shape index (κ3) is 2.12. The van der Waals surface area contributed by atoms with Crippen molar-refractivity contribution in [1.82, 2.24) is 14.9 Å². The number of imide groups is 1. The summed E-state index contributed by atoms with van der Waals surface area (Å²) in [4.78, 5) is 28.9. The summed E-state index contributed by atoms with van der Waals surface area (Å²) < 4.78 is 2.19. The lowest BCUT2D eigenvalue weighted by Crippen LogP contribution is -2.22. The zero-order valence-electron chi connectivity index (χ0n) is 16.0. The van der Waals surface area contributed by atoms with Gasteiger partial charge in [-0.15, -0.1) is 0 Å². The Morgan fingerprint density at radius 2 is 1.73 bits per heavy atom. The van der Waals surface area contributed by atoms with E-state index >= 15 is 0 Å². The Labute approximate surface area is 171 Å². The quantitative estimate of drug-likeness (QED) is 0.512. The zero-order chi connectivity index (χ0) is 20.4. The predicted octanol–water partition coefficient (Wildman–Crippen LogP) is 3.51. The van der Waals surface area contributed by atoms with E-state index in [2.05, 4.69) is 27.0 Å². The molecule has 0 unspecified atom stereocenters. The number of fused-ring (bicyclic) bond motifs is 1. The normalized spacial score (nSPS) is 15.8. The van der Waals surface area contributed by atoms with Gasteiger partial charge in [0, 0.05) is 40.8 Å². The van der Waals surface area contributed by atoms with Crippen molar-refractivity contribution in [3.63, 3.8) is 0 Å². The summed E-state index contributed by atoms with van der Waals surface area (Å²) in [5.41, 5.74) is 5.72. The van der Waals surface area contributed by atoms with Gasteiger partial charge in [-0.05, 0) is 24.5 Å². The van der Waals surface area contributed by atoms with E-state index in [1.54, 1.807) is 18.3 Å². The largest absolute Gasteiger partial charge is 0.359 e. The number of benzene rings is 2. The number of aryl methyl sites for hydroxylation is 2. The second-order valence-corrected chi connectivity index (χ2v) is 7.73. The molecule has 0 fully saturated rings. The summed E-state index contributed by atoms with van der Waals surface area (Å²) in [6.07, 6.45) is 5.77. The van der Waals surface area contributed by atoms with Crippen molar-refractivity contribution in [2.24, 2.45) is 0 Å². The van der Waals surface area contributed by atoms with Gasteiger partial charge in [-0.25, -0.2) is 0 Å². The van der Waals surface area contributed by atoms with Crippen molar-refractivity contribution >= 4 is 44.8 Å². The number of nitriles is 1. The molecule has 0 atom stereocenters. The van der Waals surface area contributed by atoms with E-state index in [1.807, 2.05) is 24.4 Å². The van der Waals surface area contributed by atoms with Crippen molar-refractivity contribution in [3.05, 3.63) is 71.0 Å². The molecule has 0 spiro atoms. The van der Waals surface area contributed by atoms with E-state index in [0.29, 0.717) is 27.8 Å². The minimum Gasteiger partial charge on any atom is -0.359 e. The predicted molar refractivity (Wildman–Crippen MR) is 113 cm³/mol. The number of carbonyl (C=O) groups is 2. The lowest BCUT2D eigenvalue weighted by Gasteiger charge is -2.14. The molecule has 4 aromatic rings. The van der Waals surface area contributed by atoms with Gasteiger partial charge in [-0.1, -0.05) is 30.3 Å². The Bertz CT molecular complexity index is 1490. The van der Waals surface area contributed by atoms with Crippen LogP contribution in [0.25, 0.3) is 33.0 Å². The fraction of sp³-hybridized carbons (Fsp3) is 0.125. The number of rotatable bonds is 2. The number of hydrogen-bond acceptors (Lipinski definition) is 3. The van der Waals surface area contributed by atoms with Crippen LogP contribution >= 0.6 is 0 Å². The lowest BCUT2D eigenvalue weighted by molar-refractivity contribution is -0.122. The first-order chi connectivity index (χ1) is 14.7. The summed E-state index contributed by atoms with van der Waals surface area (Å²) >= 11 is 0. The van der Waals surface area contributed by atoms with Crippen molar-refractivity contribution in [2.75, 3.05) is 0 Å². The van der Waals surface area contributed by atoms with E-state index in [0.717, 1.165) is 41.2 Å². The third-order valence-corrected chi connectivity index (χ3v) is 6.13. The zero-order valence-corrected chi connectivity index (χ0v) is 16.0. The summed E-state index contributed by atoms with van der Waals surface area (Å²) in [6, 6.07) is 13.7. The van der Waals surface area contributed by atoms with E-state index in [1.165, 1.54) is 5.56 Å². The molecule has 0 radical (unpaired) electrons. The molecule has 0 aliphatic carbocycles. The van der Waals surface area contributed by atoms with E-state index in [-0.39, 0.29) is 5.91 Å². The van der Waals surface area contributed by atoms with Gasteiger partial charge >= 0.3 is 0 Å². The number of carbonyl (C=O) groups excluding carboxylic acids is 2. The first-order valence-electron chi connectivity index (χ1n) is 9.89. The van der Waals surface area contributed by atoms with Crippen LogP contribution in [0.5, 0.6) is 0 Å². The van der Waals surface area contributed by atoms with E-state index in [9.17, 15) is 14.9 Å². The molecule has 2 N–H and O–H groups in total. The van der Waals surface area contributed by atoms with Crippen molar-refractivity contribution < 1.29 is 9.59 Å². The maximum absolute atomic E-state index is 12.9. The topological polar surface area (TPSA) is 90.7 Å². The number of nitrogens with one attached hydrogen (secondary N) is 2. The van der Waals surface area contributed by atoms with E-state index in [4.69, 9.17) is 0 Å². The van der Waals surface area contributed by atoms with Crippen LogP contribution in [-0.4, -0.2) is 21.4 Å². The highest BCUT2D eigenvalue weighted by atomic mass is 16.2. The Hall–Kier alpha value is -4.11. The molecule has 4 heterocycles. The maximum atomic E-state index is 12.9. The number of aromatic amines is 1. The minimum atomic E-state index is -0.412. The highest BCUT2D eigenvalue weighted by molar-refractivity contribution is 6.50. The van der Waals surface area contributed by atoms with Gasteiger partial charge in [0.15, 0.2) is 0 Å². The average Bonchev–Trinajstić information content (AvgIpc) is 3.42. The first kappa shape index (κ1) is 16.8. The summed E-state index contributed by atoms with van der Waals surface area (Å²) in [5.74, 6) is -0.797. The third-order valence-electron chi connectivity index (χ3n) is 6.13. The molecular formula is C24H16N4O2. The Morgan fingerprint density at radius 3 is 2.57 bits per heavy atom. The molecular weight excluding hydrogens is 376 g/mol. The maximum Gasteiger partial charge on any atom is 0.259 e. The average molecular weight is 392 g/mol. The van der Waals surface area contributed by atoms with Gasteiger partial charge in [0.25, 0.3) is 11.8 Å². The minimum absolute atomic E-state index is 0.352. The smallest absolute Gasteiger partial charge is 0.259 e. The van der Waals surface area contributed by atoms with Gasteiger partial charge in [-0.2, -0.15) is 5.26 Å². The Balaban J connectivity index is 1.68. The van der Waals surface area contributed by atoms with Crippen molar-refractivity contribution in [1.29, 1.82) is 5.26 Å². The molecule has 30 heavy (non-hydrogen) atoms. The number of amides is 2. The Morgan fingerprint density at radius 1 is 0.967 bits per heavy atom. The molecule has 0 bridgehead atoms. The van der Waals surface area contributed by atoms with Crippen molar-refractivity contribution in [2.45, 2.75) is 19.4 Å². The number of nitrogens with zero attached hydrogens (tertiary/aromatic N) is 2. The van der Waals surface area contributed by atoms with Crippen LogP contribution in [0.4, 0.5) is 0 Å². The van der Waals surface area contributed by atoms with Crippen LogP contribution < -0.4 is 5.32 Å². The van der Waals surface area contributed by atoms with Crippen LogP contribution in [0.1, 0.15) is 28.7 Å². The van der Waals surface area contributed by atoms with Crippen LogP contribution in [0.15, 0.2) is 48.8 Å². The van der Waals surface area contributed by atoms with Crippen molar-refractivity contribution in [3.8, 4) is 6.07 Å². The van der Waals surface area contributed by atoms with Gasteiger partial charge in [0.05, 0.1) is 27.7 Å². The molecule has 6 rings (SSSR count). The molecule has 2 aliphatic heterocycles. The monoisotopic (exact) mass is 392 g/mol. The number of H-pyrrole nitrogens is 1. The van der Waals surface area contributed by atoms with E-state index < -0.39 is 5.91 Å². The number of aromatic nitrogens is 2. The molecule has 2 amide bonds. The van der Waals surface area contributed by atoms with Crippen LogP contribution in [0, 0.1) is 11.3 Å². The number of hydrogen-bond donors (Lipinski definition) is 2. The molecule has 2 aromatic carbocycles.